The highest BCUT2D eigenvalue weighted by molar-refractivity contribution is 6.22. The van der Waals surface area contributed by atoms with E-state index in [0.717, 1.165) is 4.90 Å². The van der Waals surface area contributed by atoms with Crippen LogP contribution in [0, 0.1) is 0 Å². The predicted molar refractivity (Wildman–Crippen MR) is 76.8 cm³/mol. The van der Waals surface area contributed by atoms with Gasteiger partial charge < -0.3 is 5.11 Å². The molecule has 0 saturated carbocycles. The van der Waals surface area contributed by atoms with Gasteiger partial charge in [-0.1, -0.05) is 18.2 Å². The molecule has 1 unspecified atom stereocenters. The SMILES string of the molecule is CC(C)N(CC(=O)O)C1CC(=O)N(c2ccccc2)C1=O. The Balaban J connectivity index is 2.26. The molecular weight excluding hydrogens is 272 g/mol. The summed E-state index contributed by atoms with van der Waals surface area (Å²) in [6, 6.07) is 7.83. The fourth-order valence-corrected chi connectivity index (χ4v) is 2.53. The highest BCUT2D eigenvalue weighted by Crippen LogP contribution is 2.26. The van der Waals surface area contributed by atoms with Crippen molar-refractivity contribution >= 4 is 23.5 Å². The lowest BCUT2D eigenvalue weighted by molar-refractivity contribution is -0.140. The molecule has 1 aromatic rings. The smallest absolute Gasteiger partial charge is 0.317 e. The molecule has 0 radical (unpaired) electrons. The number of amides is 2. The summed E-state index contributed by atoms with van der Waals surface area (Å²) in [7, 11) is 0. The molecule has 1 heterocycles. The molecule has 6 nitrogen and oxygen atoms in total. The molecule has 21 heavy (non-hydrogen) atoms. The lowest BCUT2D eigenvalue weighted by Crippen LogP contribution is -2.47. The van der Waals surface area contributed by atoms with Crippen molar-refractivity contribution < 1.29 is 19.5 Å². The third-order valence-corrected chi connectivity index (χ3v) is 3.52. The molecular formula is C15H18N2O4. The lowest BCUT2D eigenvalue weighted by Gasteiger charge is -2.29. The Labute approximate surface area is 123 Å². The van der Waals surface area contributed by atoms with Gasteiger partial charge in [-0.05, 0) is 26.0 Å². The van der Waals surface area contributed by atoms with E-state index in [1.54, 1.807) is 35.2 Å². The van der Waals surface area contributed by atoms with E-state index in [1.165, 1.54) is 0 Å². The Kier molecular flexibility index (Phi) is 4.37. The maximum atomic E-state index is 12.5. The molecule has 1 atom stereocenters. The zero-order valence-electron chi connectivity index (χ0n) is 12.0. The second-order valence-electron chi connectivity index (χ2n) is 5.28. The van der Waals surface area contributed by atoms with E-state index in [4.69, 9.17) is 5.11 Å². The third-order valence-electron chi connectivity index (χ3n) is 3.52. The molecule has 2 rings (SSSR count). The Morgan fingerprint density at radius 2 is 1.95 bits per heavy atom. The van der Waals surface area contributed by atoms with E-state index in [-0.39, 0.29) is 30.8 Å². The van der Waals surface area contributed by atoms with Crippen LogP contribution in [0.3, 0.4) is 0 Å². The number of carboxylic acids is 1. The number of carbonyl (C=O) groups is 3. The van der Waals surface area contributed by atoms with Gasteiger partial charge in [-0.2, -0.15) is 0 Å². The van der Waals surface area contributed by atoms with Crippen molar-refractivity contribution in [1.29, 1.82) is 0 Å². The zero-order valence-corrected chi connectivity index (χ0v) is 12.0. The van der Waals surface area contributed by atoms with Crippen LogP contribution < -0.4 is 4.90 Å². The van der Waals surface area contributed by atoms with Crippen molar-refractivity contribution in [1.82, 2.24) is 4.90 Å². The van der Waals surface area contributed by atoms with Gasteiger partial charge >= 0.3 is 5.97 Å². The summed E-state index contributed by atoms with van der Waals surface area (Å²) in [6.07, 6.45) is 0.0131. The summed E-state index contributed by atoms with van der Waals surface area (Å²) in [5.74, 6) is -1.67. The van der Waals surface area contributed by atoms with Crippen molar-refractivity contribution in [2.75, 3.05) is 11.4 Å². The maximum Gasteiger partial charge on any atom is 0.317 e. The second-order valence-corrected chi connectivity index (χ2v) is 5.28. The Morgan fingerprint density at radius 3 is 2.48 bits per heavy atom. The first kappa shape index (κ1) is 15.2. The summed E-state index contributed by atoms with van der Waals surface area (Å²) in [5.41, 5.74) is 0.522. The van der Waals surface area contributed by atoms with Gasteiger partial charge in [0.2, 0.25) is 5.91 Å². The van der Waals surface area contributed by atoms with Crippen LogP contribution in [0.5, 0.6) is 0 Å². The number of hydrogen-bond acceptors (Lipinski definition) is 4. The van der Waals surface area contributed by atoms with Gasteiger partial charge in [-0.15, -0.1) is 0 Å². The maximum absolute atomic E-state index is 12.5. The van der Waals surface area contributed by atoms with Crippen LogP contribution in [0.15, 0.2) is 30.3 Å². The van der Waals surface area contributed by atoms with Crippen molar-refractivity contribution in [2.24, 2.45) is 0 Å². The van der Waals surface area contributed by atoms with Crippen LogP contribution in [0.25, 0.3) is 0 Å². The Morgan fingerprint density at radius 1 is 1.33 bits per heavy atom. The molecule has 1 fully saturated rings. The highest BCUT2D eigenvalue weighted by Gasteiger charge is 2.43. The van der Waals surface area contributed by atoms with E-state index < -0.39 is 12.0 Å². The summed E-state index contributed by atoms with van der Waals surface area (Å²) in [4.78, 5) is 38.3. The molecule has 0 aliphatic carbocycles. The quantitative estimate of drug-likeness (QED) is 0.822. The average molecular weight is 290 g/mol. The lowest BCUT2D eigenvalue weighted by atomic mass is 10.1. The molecule has 1 aromatic carbocycles. The first-order valence-corrected chi connectivity index (χ1v) is 6.81. The summed E-state index contributed by atoms with van der Waals surface area (Å²) in [6.45, 7) is 3.36. The van der Waals surface area contributed by atoms with Crippen molar-refractivity contribution in [3.05, 3.63) is 30.3 Å². The van der Waals surface area contributed by atoms with Crippen LogP contribution in [0.1, 0.15) is 20.3 Å². The largest absolute Gasteiger partial charge is 0.480 e. The van der Waals surface area contributed by atoms with Gasteiger partial charge in [0, 0.05) is 6.04 Å². The molecule has 2 amide bonds. The van der Waals surface area contributed by atoms with E-state index in [1.807, 2.05) is 13.8 Å². The van der Waals surface area contributed by atoms with Crippen LogP contribution in [-0.2, 0) is 14.4 Å². The second kappa shape index (κ2) is 6.05. The number of anilines is 1. The average Bonchev–Trinajstić information content (AvgIpc) is 2.71. The fourth-order valence-electron chi connectivity index (χ4n) is 2.53. The highest BCUT2D eigenvalue weighted by atomic mass is 16.4. The van der Waals surface area contributed by atoms with Gasteiger partial charge in [0.25, 0.3) is 5.91 Å². The Bertz CT molecular complexity index is 556. The predicted octanol–water partition coefficient (Wildman–Crippen LogP) is 1.11. The number of nitrogens with zero attached hydrogens (tertiary/aromatic N) is 2. The molecule has 0 bridgehead atoms. The fraction of sp³-hybridized carbons (Fsp3) is 0.400. The van der Waals surface area contributed by atoms with Crippen molar-refractivity contribution in [3.63, 3.8) is 0 Å². The van der Waals surface area contributed by atoms with Crippen molar-refractivity contribution in [3.8, 4) is 0 Å². The van der Waals surface area contributed by atoms with Crippen LogP contribution in [-0.4, -0.2) is 46.4 Å². The summed E-state index contributed by atoms with van der Waals surface area (Å²) >= 11 is 0. The first-order valence-electron chi connectivity index (χ1n) is 6.81. The molecule has 0 aromatic heterocycles. The monoisotopic (exact) mass is 290 g/mol. The first-order chi connectivity index (χ1) is 9.91. The number of benzene rings is 1. The van der Waals surface area contributed by atoms with E-state index >= 15 is 0 Å². The number of carbonyl (C=O) groups excluding carboxylic acids is 2. The molecule has 1 N–H and O–H groups in total. The molecule has 112 valence electrons. The number of para-hydroxylation sites is 1. The van der Waals surface area contributed by atoms with E-state index in [2.05, 4.69) is 0 Å². The number of imide groups is 1. The Hall–Kier alpha value is -2.21. The van der Waals surface area contributed by atoms with Gasteiger partial charge in [0.1, 0.15) is 0 Å². The minimum atomic E-state index is -1.01. The zero-order chi connectivity index (χ0) is 15.6. The summed E-state index contributed by atoms with van der Waals surface area (Å²) in [5, 5.41) is 8.98. The molecule has 1 aliphatic heterocycles. The van der Waals surface area contributed by atoms with Crippen LogP contribution in [0.2, 0.25) is 0 Å². The molecule has 6 heteroatoms. The van der Waals surface area contributed by atoms with Gasteiger partial charge in [0.05, 0.1) is 24.7 Å². The standard InChI is InChI=1S/C15H18N2O4/c1-10(2)16(9-14(19)20)12-8-13(18)17(15(12)21)11-6-4-3-5-7-11/h3-7,10,12H,8-9H2,1-2H3,(H,19,20). The minimum absolute atomic E-state index is 0.0131. The van der Waals surface area contributed by atoms with Gasteiger partial charge in [-0.25, -0.2) is 4.90 Å². The van der Waals surface area contributed by atoms with Crippen molar-refractivity contribution in [2.45, 2.75) is 32.4 Å². The number of aliphatic carboxylic acids is 1. The topological polar surface area (TPSA) is 77.9 Å². The molecule has 1 aliphatic rings. The number of carboxylic acid groups (broad SMARTS) is 1. The van der Waals surface area contributed by atoms with Crippen LogP contribution >= 0.6 is 0 Å². The molecule has 0 spiro atoms. The normalized spacial score (nSPS) is 18.9. The third kappa shape index (κ3) is 3.11. The number of rotatable bonds is 5. The minimum Gasteiger partial charge on any atom is -0.480 e. The summed E-state index contributed by atoms with van der Waals surface area (Å²) < 4.78 is 0. The molecule has 1 saturated heterocycles. The van der Waals surface area contributed by atoms with E-state index in [0.29, 0.717) is 5.69 Å². The number of hydrogen-bond donors (Lipinski definition) is 1. The van der Waals surface area contributed by atoms with E-state index in [9.17, 15) is 14.4 Å². The van der Waals surface area contributed by atoms with Gasteiger partial charge in [-0.3, -0.25) is 19.3 Å². The van der Waals surface area contributed by atoms with Crippen LogP contribution in [0.4, 0.5) is 5.69 Å². The van der Waals surface area contributed by atoms with Gasteiger partial charge in [0.15, 0.2) is 0 Å².